The number of benzene rings is 1. The maximum atomic E-state index is 13.0. The summed E-state index contributed by atoms with van der Waals surface area (Å²) in [7, 11) is -3.30. The molecule has 30 heavy (non-hydrogen) atoms. The predicted octanol–water partition coefficient (Wildman–Crippen LogP) is 1.49. The number of hydrogen-bond donors (Lipinski definition) is 0. The van der Waals surface area contributed by atoms with Crippen LogP contribution in [0.15, 0.2) is 24.3 Å². The second-order valence-electron chi connectivity index (χ2n) is 8.02. The number of hydrogen-bond acceptors (Lipinski definition) is 4. The Morgan fingerprint density at radius 3 is 2.30 bits per heavy atom. The first-order valence-corrected chi connectivity index (χ1v) is 12.2. The summed E-state index contributed by atoms with van der Waals surface area (Å²) >= 11 is 0. The molecule has 2 aliphatic heterocycles. The molecule has 0 aliphatic carbocycles. The molecule has 0 N–H and O–H groups in total. The van der Waals surface area contributed by atoms with E-state index in [4.69, 9.17) is 0 Å². The molecule has 0 radical (unpaired) electrons. The molecule has 9 heteroatoms. The Hall–Kier alpha value is -2.00. The fourth-order valence-electron chi connectivity index (χ4n) is 4.11. The summed E-state index contributed by atoms with van der Waals surface area (Å²) in [6.45, 7) is 4.38. The molecule has 1 aromatic rings. The number of carbonyl (C=O) groups is 2. The van der Waals surface area contributed by atoms with Gasteiger partial charge in [0.25, 0.3) is 0 Å². The monoisotopic (exact) mass is 439 g/mol. The maximum Gasteiger partial charge on any atom is 0.227 e. The summed E-state index contributed by atoms with van der Waals surface area (Å²) in [4.78, 5) is 28.9. The van der Waals surface area contributed by atoms with E-state index in [0.717, 1.165) is 5.56 Å². The van der Waals surface area contributed by atoms with E-state index in [9.17, 15) is 22.4 Å². The van der Waals surface area contributed by atoms with Crippen molar-refractivity contribution in [3.63, 3.8) is 0 Å². The molecule has 2 heterocycles. The first kappa shape index (κ1) is 22.7. The van der Waals surface area contributed by atoms with Crippen molar-refractivity contribution in [2.75, 3.05) is 45.0 Å². The van der Waals surface area contributed by atoms with Crippen LogP contribution in [0.25, 0.3) is 0 Å². The SMILES string of the molecule is CCCS(=O)(=O)N1CCCC(C(=O)N2CCN(C(=O)Cc3ccc(F)cc3)CC2)C1. The van der Waals surface area contributed by atoms with Crippen molar-refractivity contribution in [2.45, 2.75) is 32.6 Å². The molecular weight excluding hydrogens is 409 g/mol. The second-order valence-corrected chi connectivity index (χ2v) is 10.1. The Kier molecular flexibility index (Phi) is 7.46. The number of halogens is 1. The highest BCUT2D eigenvalue weighted by Gasteiger charge is 2.35. The van der Waals surface area contributed by atoms with Gasteiger partial charge in [0.15, 0.2) is 0 Å². The van der Waals surface area contributed by atoms with E-state index in [1.165, 1.54) is 16.4 Å². The average molecular weight is 440 g/mol. The van der Waals surface area contributed by atoms with E-state index in [-0.39, 0.29) is 42.3 Å². The van der Waals surface area contributed by atoms with Gasteiger partial charge in [-0.1, -0.05) is 19.1 Å². The molecule has 0 spiro atoms. The molecule has 2 saturated heterocycles. The molecule has 3 rings (SSSR count). The number of carbonyl (C=O) groups excluding carboxylic acids is 2. The minimum absolute atomic E-state index is 0.0166. The van der Waals surface area contributed by atoms with E-state index < -0.39 is 10.0 Å². The van der Waals surface area contributed by atoms with E-state index >= 15 is 0 Å². The normalized spacial score (nSPS) is 20.9. The van der Waals surface area contributed by atoms with Gasteiger partial charge in [-0.3, -0.25) is 9.59 Å². The third-order valence-corrected chi connectivity index (χ3v) is 7.84. The minimum atomic E-state index is -3.30. The van der Waals surface area contributed by atoms with E-state index in [1.807, 2.05) is 6.92 Å². The summed E-state index contributed by atoms with van der Waals surface area (Å²) in [6, 6.07) is 5.89. The van der Waals surface area contributed by atoms with Crippen molar-refractivity contribution >= 4 is 21.8 Å². The first-order chi connectivity index (χ1) is 14.3. The van der Waals surface area contributed by atoms with Crippen LogP contribution in [0.3, 0.4) is 0 Å². The fourth-order valence-corrected chi connectivity index (χ4v) is 5.70. The smallest absolute Gasteiger partial charge is 0.227 e. The summed E-state index contributed by atoms with van der Waals surface area (Å²) in [5.41, 5.74) is 0.760. The highest BCUT2D eigenvalue weighted by Crippen LogP contribution is 2.22. The van der Waals surface area contributed by atoms with Crippen molar-refractivity contribution in [1.29, 1.82) is 0 Å². The van der Waals surface area contributed by atoms with Crippen molar-refractivity contribution in [3.8, 4) is 0 Å². The molecule has 0 bridgehead atoms. The Labute approximate surface area is 177 Å². The summed E-state index contributed by atoms with van der Waals surface area (Å²) in [6.07, 6.45) is 2.16. The third kappa shape index (κ3) is 5.57. The van der Waals surface area contributed by atoms with Gasteiger partial charge in [-0.15, -0.1) is 0 Å². The highest BCUT2D eigenvalue weighted by molar-refractivity contribution is 7.89. The molecule has 0 aromatic heterocycles. The Bertz CT molecular complexity index is 852. The van der Waals surface area contributed by atoms with E-state index in [1.54, 1.807) is 21.9 Å². The zero-order valence-electron chi connectivity index (χ0n) is 17.4. The van der Waals surface area contributed by atoms with Crippen LogP contribution >= 0.6 is 0 Å². The van der Waals surface area contributed by atoms with Crippen molar-refractivity contribution < 1.29 is 22.4 Å². The molecule has 7 nitrogen and oxygen atoms in total. The molecule has 1 aromatic carbocycles. The van der Waals surface area contributed by atoms with Gasteiger partial charge < -0.3 is 9.80 Å². The number of sulfonamides is 1. The van der Waals surface area contributed by atoms with Gasteiger partial charge in [0.05, 0.1) is 18.1 Å². The van der Waals surface area contributed by atoms with Crippen LogP contribution in [-0.2, 0) is 26.0 Å². The molecule has 166 valence electrons. The Balaban J connectivity index is 1.51. The number of amides is 2. The van der Waals surface area contributed by atoms with E-state index in [2.05, 4.69) is 0 Å². The Morgan fingerprint density at radius 1 is 1.03 bits per heavy atom. The van der Waals surface area contributed by atoms with Crippen LogP contribution in [-0.4, -0.2) is 79.4 Å². The minimum Gasteiger partial charge on any atom is -0.339 e. The number of rotatable bonds is 6. The van der Waals surface area contributed by atoms with Crippen molar-refractivity contribution in [1.82, 2.24) is 14.1 Å². The molecule has 2 aliphatic rings. The standard InChI is InChI=1S/C21H30FN3O4S/c1-2-14-30(28,29)25-9-3-4-18(16-25)21(27)24-12-10-23(11-13-24)20(26)15-17-5-7-19(22)8-6-17/h5-8,18H,2-4,9-16H2,1H3. The van der Waals surface area contributed by atoms with Gasteiger partial charge in [-0.25, -0.2) is 17.1 Å². The van der Waals surface area contributed by atoms with Gasteiger partial charge >= 0.3 is 0 Å². The van der Waals surface area contributed by atoms with Crippen LogP contribution in [0, 0.1) is 11.7 Å². The lowest BCUT2D eigenvalue weighted by Gasteiger charge is -2.38. The van der Waals surface area contributed by atoms with Crippen LogP contribution < -0.4 is 0 Å². The van der Waals surface area contributed by atoms with Crippen LogP contribution in [0.2, 0.25) is 0 Å². The zero-order chi connectivity index (χ0) is 21.7. The molecule has 1 atom stereocenters. The number of piperidine rings is 1. The molecule has 2 fully saturated rings. The first-order valence-electron chi connectivity index (χ1n) is 10.6. The largest absolute Gasteiger partial charge is 0.339 e. The van der Waals surface area contributed by atoms with Gasteiger partial charge in [0.2, 0.25) is 21.8 Å². The predicted molar refractivity (Wildman–Crippen MR) is 112 cm³/mol. The summed E-state index contributed by atoms with van der Waals surface area (Å²) in [5.74, 6) is -0.586. The van der Waals surface area contributed by atoms with Crippen molar-refractivity contribution in [2.24, 2.45) is 5.92 Å². The molecule has 2 amide bonds. The van der Waals surface area contributed by atoms with Gasteiger partial charge in [0.1, 0.15) is 5.82 Å². The summed E-state index contributed by atoms with van der Waals surface area (Å²) < 4.78 is 39.2. The average Bonchev–Trinajstić information content (AvgIpc) is 2.75. The van der Waals surface area contributed by atoms with Gasteiger partial charge in [-0.2, -0.15) is 0 Å². The Morgan fingerprint density at radius 2 is 1.67 bits per heavy atom. The molecule has 0 saturated carbocycles. The molecule has 1 unspecified atom stereocenters. The van der Waals surface area contributed by atoms with Crippen LogP contribution in [0.5, 0.6) is 0 Å². The lowest BCUT2D eigenvalue weighted by Crippen LogP contribution is -2.54. The lowest BCUT2D eigenvalue weighted by atomic mass is 9.97. The van der Waals surface area contributed by atoms with Crippen molar-refractivity contribution in [3.05, 3.63) is 35.6 Å². The highest BCUT2D eigenvalue weighted by atomic mass is 32.2. The van der Waals surface area contributed by atoms with Crippen LogP contribution in [0.1, 0.15) is 31.7 Å². The second kappa shape index (κ2) is 9.87. The summed E-state index contributed by atoms with van der Waals surface area (Å²) in [5, 5.41) is 0. The quantitative estimate of drug-likeness (QED) is 0.673. The lowest BCUT2D eigenvalue weighted by molar-refractivity contribution is -0.142. The number of nitrogens with zero attached hydrogens (tertiary/aromatic N) is 3. The zero-order valence-corrected chi connectivity index (χ0v) is 18.2. The van der Waals surface area contributed by atoms with Gasteiger partial charge in [0, 0.05) is 39.3 Å². The topological polar surface area (TPSA) is 78.0 Å². The van der Waals surface area contributed by atoms with E-state index in [0.29, 0.717) is 52.0 Å². The maximum absolute atomic E-state index is 13.0. The molecular formula is C21H30FN3O4S. The van der Waals surface area contributed by atoms with Crippen LogP contribution in [0.4, 0.5) is 4.39 Å². The van der Waals surface area contributed by atoms with Gasteiger partial charge in [-0.05, 0) is 37.0 Å². The number of piperazine rings is 1. The fraction of sp³-hybridized carbons (Fsp3) is 0.619. The third-order valence-electron chi connectivity index (χ3n) is 5.80.